The summed E-state index contributed by atoms with van der Waals surface area (Å²) in [5.41, 5.74) is 3.14. The zero-order valence-corrected chi connectivity index (χ0v) is 14.3. The number of aromatic nitrogens is 5. The molecule has 0 atom stereocenters. The second-order valence-corrected chi connectivity index (χ2v) is 6.91. The summed E-state index contributed by atoms with van der Waals surface area (Å²) < 4.78 is 0. The first-order chi connectivity index (χ1) is 12.0. The van der Waals surface area contributed by atoms with E-state index in [9.17, 15) is 0 Å². The quantitative estimate of drug-likeness (QED) is 0.527. The molecule has 126 valence electrons. The van der Waals surface area contributed by atoms with Crippen LogP contribution in [0.5, 0.6) is 0 Å². The molecule has 4 aromatic rings. The molecule has 0 saturated carbocycles. The Morgan fingerprint density at radius 3 is 2.76 bits per heavy atom. The van der Waals surface area contributed by atoms with Gasteiger partial charge in [-0.1, -0.05) is 6.07 Å². The number of nitrogens with one attached hydrogen (secondary N) is 3. The van der Waals surface area contributed by atoms with Gasteiger partial charge in [-0.05, 0) is 45.0 Å². The topological polar surface area (TPSA) is 91.4 Å². The Balaban J connectivity index is 1.72. The minimum absolute atomic E-state index is 0.127. The van der Waals surface area contributed by atoms with Crippen LogP contribution >= 0.6 is 0 Å². The third kappa shape index (κ3) is 3.21. The van der Waals surface area contributed by atoms with Gasteiger partial charge in [-0.3, -0.25) is 4.98 Å². The largest absolute Gasteiger partial charge is 0.364 e. The maximum absolute atomic E-state index is 4.61. The molecule has 0 amide bonds. The molecule has 0 unspecified atom stereocenters. The number of benzene rings is 1. The van der Waals surface area contributed by atoms with Gasteiger partial charge in [0.25, 0.3) is 0 Å². The summed E-state index contributed by atoms with van der Waals surface area (Å²) in [5, 5.41) is 7.71. The van der Waals surface area contributed by atoms with Crippen LogP contribution in [0.3, 0.4) is 0 Å². The summed E-state index contributed by atoms with van der Waals surface area (Å²) in [6, 6.07) is 9.91. The second kappa shape index (κ2) is 5.70. The van der Waals surface area contributed by atoms with Crippen LogP contribution in [0.2, 0.25) is 0 Å². The molecule has 0 radical (unpaired) electrons. The maximum Gasteiger partial charge on any atom is 0.231 e. The Bertz CT molecular complexity index is 1050. The number of hydrogen-bond donors (Lipinski definition) is 3. The second-order valence-electron chi connectivity index (χ2n) is 6.91. The molecule has 7 nitrogen and oxygen atoms in total. The van der Waals surface area contributed by atoms with E-state index in [1.807, 2.05) is 30.3 Å². The van der Waals surface area contributed by atoms with Crippen LogP contribution < -0.4 is 10.6 Å². The lowest BCUT2D eigenvalue weighted by atomic mass is 10.1. The van der Waals surface area contributed by atoms with Crippen LogP contribution in [0.1, 0.15) is 20.8 Å². The third-order valence-electron chi connectivity index (χ3n) is 3.64. The first kappa shape index (κ1) is 15.3. The van der Waals surface area contributed by atoms with E-state index in [1.54, 1.807) is 12.5 Å². The minimum atomic E-state index is -0.127. The molecule has 0 saturated heterocycles. The third-order valence-corrected chi connectivity index (χ3v) is 3.64. The Labute approximate surface area is 144 Å². The van der Waals surface area contributed by atoms with Crippen molar-refractivity contribution in [1.82, 2.24) is 24.9 Å². The highest BCUT2D eigenvalue weighted by molar-refractivity contribution is 5.86. The van der Waals surface area contributed by atoms with E-state index in [2.05, 4.69) is 56.3 Å². The van der Waals surface area contributed by atoms with Crippen LogP contribution in [-0.2, 0) is 0 Å². The molecule has 4 rings (SSSR count). The molecule has 0 fully saturated rings. The van der Waals surface area contributed by atoms with Gasteiger partial charge >= 0.3 is 0 Å². The van der Waals surface area contributed by atoms with Crippen molar-refractivity contribution in [2.24, 2.45) is 0 Å². The predicted molar refractivity (Wildman–Crippen MR) is 100 cm³/mol. The number of fused-ring (bicyclic) bond motifs is 2. The van der Waals surface area contributed by atoms with E-state index >= 15 is 0 Å². The molecule has 25 heavy (non-hydrogen) atoms. The fourth-order valence-corrected chi connectivity index (χ4v) is 2.62. The smallest absolute Gasteiger partial charge is 0.231 e. The van der Waals surface area contributed by atoms with Crippen molar-refractivity contribution in [3.63, 3.8) is 0 Å². The van der Waals surface area contributed by atoms with Gasteiger partial charge in [0.1, 0.15) is 5.52 Å². The lowest BCUT2D eigenvalue weighted by molar-refractivity contribution is 0.631. The number of nitrogens with zero attached hydrogens (tertiary/aromatic N) is 4. The first-order valence-electron chi connectivity index (χ1n) is 8.09. The van der Waals surface area contributed by atoms with Crippen molar-refractivity contribution in [2.45, 2.75) is 26.3 Å². The Hall–Kier alpha value is -3.22. The fourth-order valence-electron chi connectivity index (χ4n) is 2.62. The van der Waals surface area contributed by atoms with Crippen LogP contribution in [-0.4, -0.2) is 30.5 Å². The highest BCUT2D eigenvalue weighted by atomic mass is 15.2. The SMILES string of the molecule is CC(C)(C)Nc1nc(Nc2ccc3ncccc3c2)nc2nc[nH]c12. The van der Waals surface area contributed by atoms with E-state index < -0.39 is 0 Å². The van der Waals surface area contributed by atoms with Gasteiger partial charge in [0.05, 0.1) is 11.8 Å². The zero-order chi connectivity index (χ0) is 17.4. The molecule has 0 aliphatic rings. The monoisotopic (exact) mass is 333 g/mol. The summed E-state index contributed by atoms with van der Waals surface area (Å²) in [6.45, 7) is 6.25. The molecule has 0 bridgehead atoms. The average Bonchev–Trinajstić information content (AvgIpc) is 3.02. The number of imidazole rings is 1. The molecule has 3 N–H and O–H groups in total. The standard InChI is InChI=1S/C18H19N7/c1-18(2,3)25-16-14-15(21-10-20-14)23-17(24-16)22-12-6-7-13-11(9-12)5-4-8-19-13/h4-10H,1-3H3,(H3,20,21,22,23,24,25). The average molecular weight is 333 g/mol. The highest BCUT2D eigenvalue weighted by Crippen LogP contribution is 2.24. The van der Waals surface area contributed by atoms with Gasteiger partial charge < -0.3 is 15.6 Å². The fraction of sp³-hybridized carbons (Fsp3) is 0.222. The summed E-state index contributed by atoms with van der Waals surface area (Å²) in [4.78, 5) is 20.8. The van der Waals surface area contributed by atoms with Gasteiger partial charge in [0.2, 0.25) is 5.95 Å². The van der Waals surface area contributed by atoms with Gasteiger partial charge in [0.15, 0.2) is 11.5 Å². The summed E-state index contributed by atoms with van der Waals surface area (Å²) in [6.07, 6.45) is 3.41. The molecular formula is C18H19N7. The Morgan fingerprint density at radius 2 is 1.92 bits per heavy atom. The molecule has 3 aromatic heterocycles. The van der Waals surface area contributed by atoms with E-state index in [-0.39, 0.29) is 5.54 Å². The normalized spacial score (nSPS) is 11.8. The number of pyridine rings is 1. The van der Waals surface area contributed by atoms with Crippen molar-refractivity contribution in [3.05, 3.63) is 42.9 Å². The Morgan fingerprint density at radius 1 is 1.04 bits per heavy atom. The minimum Gasteiger partial charge on any atom is -0.364 e. The van der Waals surface area contributed by atoms with Gasteiger partial charge in [-0.15, -0.1) is 0 Å². The molecular weight excluding hydrogens is 314 g/mol. The molecule has 0 spiro atoms. The predicted octanol–water partition coefficient (Wildman–Crippen LogP) is 3.86. The van der Waals surface area contributed by atoms with Crippen molar-refractivity contribution in [2.75, 3.05) is 10.6 Å². The van der Waals surface area contributed by atoms with Crippen molar-refractivity contribution >= 4 is 39.5 Å². The zero-order valence-electron chi connectivity index (χ0n) is 14.3. The van der Waals surface area contributed by atoms with Crippen LogP contribution in [0.15, 0.2) is 42.9 Å². The van der Waals surface area contributed by atoms with Gasteiger partial charge in [0, 0.05) is 22.8 Å². The maximum atomic E-state index is 4.61. The van der Waals surface area contributed by atoms with E-state index in [0.29, 0.717) is 11.6 Å². The summed E-state index contributed by atoms with van der Waals surface area (Å²) in [5.74, 6) is 1.22. The highest BCUT2D eigenvalue weighted by Gasteiger charge is 2.16. The van der Waals surface area contributed by atoms with Crippen molar-refractivity contribution in [1.29, 1.82) is 0 Å². The lowest BCUT2D eigenvalue weighted by Crippen LogP contribution is -2.27. The van der Waals surface area contributed by atoms with Gasteiger partial charge in [-0.2, -0.15) is 9.97 Å². The van der Waals surface area contributed by atoms with Crippen LogP contribution in [0.4, 0.5) is 17.5 Å². The lowest BCUT2D eigenvalue weighted by Gasteiger charge is -2.21. The Kier molecular flexibility index (Phi) is 3.49. The van der Waals surface area contributed by atoms with Crippen molar-refractivity contribution in [3.8, 4) is 0 Å². The molecule has 7 heteroatoms. The number of H-pyrrole nitrogens is 1. The summed E-state index contributed by atoms with van der Waals surface area (Å²) in [7, 11) is 0. The summed E-state index contributed by atoms with van der Waals surface area (Å²) >= 11 is 0. The number of anilines is 3. The van der Waals surface area contributed by atoms with Crippen LogP contribution in [0, 0.1) is 0 Å². The molecule has 3 heterocycles. The molecule has 1 aromatic carbocycles. The first-order valence-corrected chi connectivity index (χ1v) is 8.09. The number of hydrogen-bond acceptors (Lipinski definition) is 6. The van der Waals surface area contributed by atoms with E-state index in [4.69, 9.17) is 0 Å². The van der Waals surface area contributed by atoms with E-state index in [1.165, 1.54) is 0 Å². The number of rotatable bonds is 3. The van der Waals surface area contributed by atoms with Crippen molar-refractivity contribution < 1.29 is 0 Å². The van der Waals surface area contributed by atoms with Crippen LogP contribution in [0.25, 0.3) is 22.1 Å². The van der Waals surface area contributed by atoms with E-state index in [0.717, 1.165) is 27.9 Å². The van der Waals surface area contributed by atoms with Gasteiger partial charge in [-0.25, -0.2) is 4.98 Å². The number of aromatic amines is 1. The molecule has 0 aliphatic heterocycles. The molecule has 0 aliphatic carbocycles.